The maximum absolute atomic E-state index is 13.7. The summed E-state index contributed by atoms with van der Waals surface area (Å²) in [6.45, 7) is 1.84. The molecule has 1 heterocycles. The molecule has 0 spiro atoms. The van der Waals surface area contributed by atoms with Gasteiger partial charge in [0.1, 0.15) is 16.2 Å². The van der Waals surface area contributed by atoms with Crippen molar-refractivity contribution in [2.75, 3.05) is 0 Å². The van der Waals surface area contributed by atoms with Crippen molar-refractivity contribution in [3.05, 3.63) is 40.6 Å². The molecule has 1 aliphatic heterocycles. The molecule has 0 radical (unpaired) electrons. The number of amides is 1. The minimum Gasteiger partial charge on any atom is -0.480 e. The van der Waals surface area contributed by atoms with E-state index in [0.29, 0.717) is 12.8 Å². The molecule has 0 aromatic heterocycles. The van der Waals surface area contributed by atoms with Gasteiger partial charge < -0.3 is 5.11 Å². The van der Waals surface area contributed by atoms with Crippen LogP contribution in [0.4, 0.5) is 4.39 Å². The molecule has 116 valence electrons. The first kappa shape index (κ1) is 16.6. The lowest BCUT2D eigenvalue weighted by Crippen LogP contribution is -2.43. The molecule has 0 saturated carbocycles. The normalized spacial score (nSPS) is 18.1. The summed E-state index contributed by atoms with van der Waals surface area (Å²) in [5.74, 6) is -2.03. The van der Waals surface area contributed by atoms with Crippen LogP contribution < -0.4 is 0 Å². The Bertz CT molecular complexity index is 660. The number of benzene rings is 1. The number of hydrogen-bond donors (Lipinski definition) is 1. The first-order chi connectivity index (χ1) is 10.5. The summed E-state index contributed by atoms with van der Waals surface area (Å²) in [5.41, 5.74) is 0.269. The number of aliphatic carboxylic acids is 1. The molecule has 0 bridgehead atoms. The number of hydrogen-bond acceptors (Lipinski definition) is 4. The minimum absolute atomic E-state index is 0.188. The van der Waals surface area contributed by atoms with Crippen molar-refractivity contribution in [3.8, 4) is 0 Å². The lowest BCUT2D eigenvalue weighted by molar-refractivity contribution is -0.145. The number of carbonyl (C=O) groups excluding carboxylic acids is 1. The molecular formula is C15H14FNO3S2. The van der Waals surface area contributed by atoms with Gasteiger partial charge in [0.2, 0.25) is 0 Å². The highest BCUT2D eigenvalue weighted by Gasteiger charge is 2.40. The van der Waals surface area contributed by atoms with E-state index >= 15 is 0 Å². The summed E-state index contributed by atoms with van der Waals surface area (Å²) in [6, 6.07) is 5.07. The Kier molecular flexibility index (Phi) is 5.31. The largest absolute Gasteiger partial charge is 0.480 e. The molecule has 1 aliphatic rings. The Morgan fingerprint density at radius 2 is 2.18 bits per heavy atom. The first-order valence-electron chi connectivity index (χ1n) is 6.70. The van der Waals surface area contributed by atoms with E-state index in [2.05, 4.69) is 0 Å². The summed E-state index contributed by atoms with van der Waals surface area (Å²) >= 11 is 6.12. The van der Waals surface area contributed by atoms with Crippen LogP contribution in [-0.2, 0) is 9.59 Å². The second-order valence-corrected chi connectivity index (χ2v) is 6.39. The molecular weight excluding hydrogens is 325 g/mol. The highest BCUT2D eigenvalue weighted by molar-refractivity contribution is 8.26. The van der Waals surface area contributed by atoms with Crippen LogP contribution in [0.1, 0.15) is 25.3 Å². The maximum atomic E-state index is 13.7. The number of carboxylic acids is 1. The van der Waals surface area contributed by atoms with Crippen molar-refractivity contribution < 1.29 is 19.1 Å². The number of thioether (sulfide) groups is 1. The average Bonchev–Trinajstić information content (AvgIpc) is 2.73. The van der Waals surface area contributed by atoms with E-state index in [4.69, 9.17) is 12.2 Å². The van der Waals surface area contributed by atoms with E-state index in [-0.39, 0.29) is 14.8 Å². The summed E-state index contributed by atoms with van der Waals surface area (Å²) in [7, 11) is 0. The molecule has 1 aromatic carbocycles. The van der Waals surface area contributed by atoms with Gasteiger partial charge in [-0.3, -0.25) is 9.69 Å². The van der Waals surface area contributed by atoms with Gasteiger partial charge >= 0.3 is 5.97 Å². The van der Waals surface area contributed by atoms with E-state index in [1.165, 1.54) is 12.1 Å². The SMILES string of the molecule is CCC[C@@H](C(=O)O)N1C(=O)/C(=C/c2ccccc2F)SC1=S. The molecule has 4 nitrogen and oxygen atoms in total. The van der Waals surface area contributed by atoms with Crippen LogP contribution in [0.25, 0.3) is 6.08 Å². The van der Waals surface area contributed by atoms with E-state index in [0.717, 1.165) is 16.7 Å². The standard InChI is InChI=1S/C15H14FNO3S2/c1-2-5-11(14(19)20)17-13(18)12(22-15(17)21)8-9-6-3-4-7-10(9)16/h3-4,6-8,11H,2,5H2,1H3,(H,19,20)/b12-8-/t11-/m0/s1. The summed E-state index contributed by atoms with van der Waals surface area (Å²) < 4.78 is 13.9. The summed E-state index contributed by atoms with van der Waals surface area (Å²) in [4.78, 5) is 25.1. The summed E-state index contributed by atoms with van der Waals surface area (Å²) in [6.07, 6.45) is 2.33. The van der Waals surface area contributed by atoms with Crippen molar-refractivity contribution >= 4 is 46.3 Å². The fourth-order valence-electron chi connectivity index (χ4n) is 2.12. The Labute approximate surface area is 137 Å². The molecule has 7 heteroatoms. The molecule has 1 atom stereocenters. The van der Waals surface area contributed by atoms with Crippen LogP contribution in [0.2, 0.25) is 0 Å². The molecule has 1 saturated heterocycles. The molecule has 1 aromatic rings. The van der Waals surface area contributed by atoms with Gasteiger partial charge in [-0.1, -0.05) is 55.5 Å². The Hall–Kier alpha value is -1.73. The second-order valence-electron chi connectivity index (χ2n) is 4.72. The first-order valence-corrected chi connectivity index (χ1v) is 7.92. The van der Waals surface area contributed by atoms with Gasteiger partial charge in [0, 0.05) is 5.56 Å². The highest BCUT2D eigenvalue weighted by atomic mass is 32.2. The van der Waals surface area contributed by atoms with Crippen LogP contribution in [0.15, 0.2) is 29.2 Å². The van der Waals surface area contributed by atoms with E-state index in [1.54, 1.807) is 18.2 Å². The Morgan fingerprint density at radius 1 is 1.50 bits per heavy atom. The molecule has 2 rings (SSSR count). The van der Waals surface area contributed by atoms with Gasteiger partial charge in [0.15, 0.2) is 0 Å². The number of nitrogens with zero attached hydrogens (tertiary/aromatic N) is 1. The highest BCUT2D eigenvalue weighted by Crippen LogP contribution is 2.35. The van der Waals surface area contributed by atoms with Gasteiger partial charge in [-0.25, -0.2) is 9.18 Å². The zero-order valence-corrected chi connectivity index (χ0v) is 13.4. The predicted octanol–water partition coefficient (Wildman–Crippen LogP) is 3.28. The zero-order chi connectivity index (χ0) is 16.3. The maximum Gasteiger partial charge on any atom is 0.326 e. The third kappa shape index (κ3) is 3.36. The fourth-order valence-corrected chi connectivity index (χ4v) is 3.47. The van der Waals surface area contributed by atoms with Crippen molar-refractivity contribution in [2.24, 2.45) is 0 Å². The quantitative estimate of drug-likeness (QED) is 0.659. The molecule has 1 amide bonds. The van der Waals surface area contributed by atoms with Gasteiger partial charge in [0.05, 0.1) is 4.91 Å². The van der Waals surface area contributed by atoms with Gasteiger partial charge in [-0.2, -0.15) is 0 Å². The fraction of sp³-hybridized carbons (Fsp3) is 0.267. The zero-order valence-electron chi connectivity index (χ0n) is 11.8. The van der Waals surface area contributed by atoms with Crippen LogP contribution in [0, 0.1) is 5.82 Å². The van der Waals surface area contributed by atoms with Crippen molar-refractivity contribution in [1.29, 1.82) is 0 Å². The molecule has 1 N–H and O–H groups in total. The van der Waals surface area contributed by atoms with E-state index in [9.17, 15) is 19.1 Å². The average molecular weight is 339 g/mol. The van der Waals surface area contributed by atoms with Crippen molar-refractivity contribution in [2.45, 2.75) is 25.8 Å². The Balaban J connectivity index is 2.32. The van der Waals surface area contributed by atoms with Crippen LogP contribution in [-0.4, -0.2) is 32.2 Å². The van der Waals surface area contributed by atoms with E-state index < -0.39 is 23.7 Å². The second kappa shape index (κ2) is 7.02. The number of carbonyl (C=O) groups is 2. The monoisotopic (exact) mass is 339 g/mol. The number of carboxylic acid groups (broad SMARTS) is 1. The van der Waals surface area contributed by atoms with Gasteiger partial charge in [-0.15, -0.1) is 0 Å². The van der Waals surface area contributed by atoms with Crippen LogP contribution in [0.3, 0.4) is 0 Å². The van der Waals surface area contributed by atoms with Crippen LogP contribution >= 0.6 is 24.0 Å². The van der Waals surface area contributed by atoms with Crippen molar-refractivity contribution in [3.63, 3.8) is 0 Å². The lowest BCUT2D eigenvalue weighted by Gasteiger charge is -2.22. The molecule has 22 heavy (non-hydrogen) atoms. The third-order valence-corrected chi connectivity index (χ3v) is 4.50. The van der Waals surface area contributed by atoms with Gasteiger partial charge in [-0.05, 0) is 18.6 Å². The number of rotatable bonds is 5. The van der Waals surface area contributed by atoms with Gasteiger partial charge in [0.25, 0.3) is 5.91 Å². The van der Waals surface area contributed by atoms with Crippen LogP contribution in [0.5, 0.6) is 0 Å². The smallest absolute Gasteiger partial charge is 0.326 e. The number of halogens is 1. The van der Waals surface area contributed by atoms with E-state index in [1.807, 2.05) is 6.92 Å². The molecule has 1 fully saturated rings. The molecule has 0 unspecified atom stereocenters. The molecule has 0 aliphatic carbocycles. The van der Waals surface area contributed by atoms with Crippen molar-refractivity contribution in [1.82, 2.24) is 4.90 Å². The number of thiocarbonyl (C=S) groups is 1. The topological polar surface area (TPSA) is 57.6 Å². The predicted molar refractivity (Wildman–Crippen MR) is 87.7 cm³/mol. The third-order valence-electron chi connectivity index (χ3n) is 3.17. The summed E-state index contributed by atoms with van der Waals surface area (Å²) in [5, 5.41) is 9.28. The minimum atomic E-state index is -1.09. The Morgan fingerprint density at radius 3 is 2.77 bits per heavy atom. The lowest BCUT2D eigenvalue weighted by atomic mass is 10.1.